The molecule has 1 aliphatic rings. The van der Waals surface area contributed by atoms with Crippen LogP contribution in [0.3, 0.4) is 0 Å². The molecule has 0 saturated carbocycles. The molecule has 2 amide bonds. The van der Waals surface area contributed by atoms with Gasteiger partial charge in [-0.1, -0.05) is 23.2 Å². The zero-order valence-electron chi connectivity index (χ0n) is 9.07. The van der Waals surface area contributed by atoms with Crippen LogP contribution in [0.2, 0.25) is 10.0 Å². The molecule has 1 saturated heterocycles. The van der Waals surface area contributed by atoms with Crippen molar-refractivity contribution in [3.05, 3.63) is 28.2 Å². The highest BCUT2D eigenvalue weighted by Gasteiger charge is 2.32. The van der Waals surface area contributed by atoms with Gasteiger partial charge in [-0.25, -0.2) is 4.90 Å². The Morgan fingerprint density at radius 2 is 1.83 bits per heavy atom. The molecule has 1 aromatic rings. The third-order valence-electron chi connectivity index (χ3n) is 2.42. The summed E-state index contributed by atoms with van der Waals surface area (Å²) in [6, 6.07) is 4.80. The second kappa shape index (κ2) is 5.22. The Labute approximate surface area is 119 Å². The van der Waals surface area contributed by atoms with Crippen LogP contribution in [0.1, 0.15) is 12.8 Å². The van der Waals surface area contributed by atoms with Crippen LogP contribution < -0.4 is 5.32 Å². The number of rotatable bonds is 1. The molecule has 0 bridgehead atoms. The number of benzene rings is 1. The van der Waals surface area contributed by atoms with Gasteiger partial charge in [0.15, 0.2) is 5.11 Å². The van der Waals surface area contributed by atoms with Crippen LogP contribution in [0.5, 0.6) is 0 Å². The predicted octanol–water partition coefficient (Wildman–Crippen LogP) is 2.84. The molecule has 0 aliphatic carbocycles. The SMILES string of the molecule is O=C1CCC(=O)N1C(=S)Nc1cc(Cl)ccc1Cl. The highest BCUT2D eigenvalue weighted by molar-refractivity contribution is 7.80. The molecule has 1 aliphatic heterocycles. The van der Waals surface area contributed by atoms with E-state index in [9.17, 15) is 9.59 Å². The van der Waals surface area contributed by atoms with Crippen molar-refractivity contribution in [1.82, 2.24) is 4.90 Å². The first-order chi connectivity index (χ1) is 8.49. The van der Waals surface area contributed by atoms with Crippen molar-refractivity contribution in [2.45, 2.75) is 12.8 Å². The number of carbonyl (C=O) groups excluding carboxylic acids is 2. The maximum Gasteiger partial charge on any atom is 0.236 e. The van der Waals surface area contributed by atoms with Gasteiger partial charge in [0.2, 0.25) is 11.8 Å². The standard InChI is InChI=1S/C11H8Cl2N2O2S/c12-6-1-2-7(13)8(5-6)14-11(18)15-9(16)3-4-10(15)17/h1-2,5H,3-4H2,(H,14,18). The van der Waals surface area contributed by atoms with Crippen molar-refractivity contribution < 1.29 is 9.59 Å². The van der Waals surface area contributed by atoms with E-state index < -0.39 is 0 Å². The topological polar surface area (TPSA) is 49.4 Å². The van der Waals surface area contributed by atoms with Gasteiger partial charge in [-0.2, -0.15) is 0 Å². The molecular weight excluding hydrogens is 295 g/mol. The average Bonchev–Trinajstić information content (AvgIpc) is 2.63. The van der Waals surface area contributed by atoms with Crippen LogP contribution in [0.15, 0.2) is 18.2 Å². The number of thiocarbonyl (C=S) groups is 1. The van der Waals surface area contributed by atoms with Gasteiger partial charge in [0.1, 0.15) is 0 Å². The molecule has 0 aromatic heterocycles. The lowest BCUT2D eigenvalue weighted by molar-refractivity contribution is -0.133. The van der Waals surface area contributed by atoms with Gasteiger partial charge < -0.3 is 5.32 Å². The molecule has 1 heterocycles. The first-order valence-corrected chi connectivity index (χ1v) is 6.27. The number of halogens is 2. The lowest BCUT2D eigenvalue weighted by Crippen LogP contribution is -2.38. The number of carbonyl (C=O) groups is 2. The number of nitrogens with zero attached hydrogens (tertiary/aromatic N) is 1. The number of imide groups is 1. The number of amides is 2. The van der Waals surface area contributed by atoms with Crippen molar-refractivity contribution >= 4 is 58.0 Å². The van der Waals surface area contributed by atoms with Crippen LogP contribution in [0.25, 0.3) is 0 Å². The number of nitrogens with one attached hydrogen (secondary N) is 1. The van der Waals surface area contributed by atoms with Crippen molar-refractivity contribution in [1.29, 1.82) is 0 Å². The molecule has 0 spiro atoms. The van der Waals surface area contributed by atoms with Crippen molar-refractivity contribution in [2.24, 2.45) is 0 Å². The Kier molecular flexibility index (Phi) is 3.85. The minimum atomic E-state index is -0.310. The molecule has 0 atom stereocenters. The smallest absolute Gasteiger partial charge is 0.236 e. The summed E-state index contributed by atoms with van der Waals surface area (Å²) in [4.78, 5) is 23.9. The molecule has 1 aromatic carbocycles. The highest BCUT2D eigenvalue weighted by atomic mass is 35.5. The normalized spacial score (nSPS) is 15.1. The summed E-state index contributed by atoms with van der Waals surface area (Å²) in [7, 11) is 0. The largest absolute Gasteiger partial charge is 0.331 e. The van der Waals surface area contributed by atoms with Gasteiger partial charge in [-0.05, 0) is 30.4 Å². The Balaban J connectivity index is 2.19. The minimum absolute atomic E-state index is 0.0201. The molecule has 0 radical (unpaired) electrons. The fraction of sp³-hybridized carbons (Fsp3) is 0.182. The van der Waals surface area contributed by atoms with Gasteiger partial charge in [0.25, 0.3) is 0 Å². The molecule has 2 rings (SSSR count). The lowest BCUT2D eigenvalue weighted by Gasteiger charge is -2.17. The summed E-state index contributed by atoms with van der Waals surface area (Å²) < 4.78 is 0. The van der Waals surface area contributed by atoms with E-state index >= 15 is 0 Å². The van der Waals surface area contributed by atoms with Gasteiger partial charge in [0, 0.05) is 17.9 Å². The predicted molar refractivity (Wildman–Crippen MR) is 73.8 cm³/mol. The fourth-order valence-electron chi connectivity index (χ4n) is 1.57. The van der Waals surface area contributed by atoms with Gasteiger partial charge in [-0.15, -0.1) is 0 Å². The van der Waals surface area contributed by atoms with Gasteiger partial charge in [0.05, 0.1) is 10.7 Å². The zero-order chi connectivity index (χ0) is 13.3. The Morgan fingerprint density at radius 3 is 2.44 bits per heavy atom. The summed E-state index contributed by atoms with van der Waals surface area (Å²) >= 11 is 16.8. The third kappa shape index (κ3) is 2.63. The first-order valence-electron chi connectivity index (χ1n) is 5.11. The van der Waals surface area contributed by atoms with E-state index in [4.69, 9.17) is 35.4 Å². The van der Waals surface area contributed by atoms with Crippen molar-refractivity contribution in [3.63, 3.8) is 0 Å². The van der Waals surface area contributed by atoms with E-state index in [-0.39, 0.29) is 29.8 Å². The summed E-state index contributed by atoms with van der Waals surface area (Å²) in [6.45, 7) is 0. The van der Waals surface area contributed by atoms with Crippen LogP contribution >= 0.6 is 35.4 Å². The molecule has 94 valence electrons. The van der Waals surface area contributed by atoms with Crippen LogP contribution in [0.4, 0.5) is 5.69 Å². The maximum absolute atomic E-state index is 11.5. The van der Waals surface area contributed by atoms with Crippen LogP contribution in [-0.4, -0.2) is 21.8 Å². The van der Waals surface area contributed by atoms with E-state index in [1.807, 2.05) is 0 Å². The highest BCUT2D eigenvalue weighted by Crippen LogP contribution is 2.26. The molecule has 1 N–H and O–H groups in total. The van der Waals surface area contributed by atoms with Gasteiger partial charge in [-0.3, -0.25) is 9.59 Å². The summed E-state index contributed by atoms with van der Waals surface area (Å²) in [5, 5.41) is 3.65. The first kappa shape index (κ1) is 13.3. The second-order valence-electron chi connectivity index (χ2n) is 3.68. The Hall–Kier alpha value is -1.17. The summed E-state index contributed by atoms with van der Waals surface area (Å²) in [5.74, 6) is -0.619. The average molecular weight is 303 g/mol. The van der Waals surface area contributed by atoms with Crippen molar-refractivity contribution in [3.8, 4) is 0 Å². The van der Waals surface area contributed by atoms with Crippen molar-refractivity contribution in [2.75, 3.05) is 5.32 Å². The van der Waals surface area contributed by atoms with E-state index in [1.165, 1.54) is 0 Å². The lowest BCUT2D eigenvalue weighted by atomic mass is 10.3. The Morgan fingerprint density at radius 1 is 1.22 bits per heavy atom. The molecule has 18 heavy (non-hydrogen) atoms. The van der Waals surface area contributed by atoms with Crippen LogP contribution in [-0.2, 0) is 9.59 Å². The molecule has 1 fully saturated rings. The summed E-state index contributed by atoms with van der Waals surface area (Å²) in [5.41, 5.74) is 0.460. The van der Waals surface area contributed by atoms with E-state index in [1.54, 1.807) is 18.2 Å². The minimum Gasteiger partial charge on any atom is -0.331 e. The second-order valence-corrected chi connectivity index (χ2v) is 4.91. The zero-order valence-corrected chi connectivity index (χ0v) is 11.4. The maximum atomic E-state index is 11.5. The van der Waals surface area contributed by atoms with Crippen LogP contribution in [0, 0.1) is 0 Å². The number of anilines is 1. The summed E-state index contributed by atoms with van der Waals surface area (Å²) in [6.07, 6.45) is 0.369. The van der Waals surface area contributed by atoms with Gasteiger partial charge >= 0.3 is 0 Å². The quantitative estimate of drug-likeness (QED) is 0.640. The molecule has 7 heteroatoms. The molecule has 4 nitrogen and oxygen atoms in total. The molecule has 0 unspecified atom stereocenters. The monoisotopic (exact) mass is 302 g/mol. The number of hydrogen-bond acceptors (Lipinski definition) is 3. The number of likely N-dealkylation sites (tertiary alicyclic amines) is 1. The number of hydrogen-bond donors (Lipinski definition) is 1. The Bertz CT molecular complexity index is 532. The third-order valence-corrected chi connectivity index (χ3v) is 3.27. The van der Waals surface area contributed by atoms with E-state index in [0.717, 1.165) is 4.90 Å². The van der Waals surface area contributed by atoms with E-state index in [0.29, 0.717) is 15.7 Å². The fourth-order valence-corrected chi connectivity index (χ4v) is 2.22. The molecular formula is C11H8Cl2N2O2S. The van der Waals surface area contributed by atoms with E-state index in [2.05, 4.69) is 5.32 Å².